The number of hydrogen-bond donors (Lipinski definition) is 2. The average Bonchev–Trinajstić information content (AvgIpc) is 2.57. The van der Waals surface area contributed by atoms with Gasteiger partial charge in [0.05, 0.1) is 23.9 Å². The molecule has 0 bridgehead atoms. The summed E-state index contributed by atoms with van der Waals surface area (Å²) < 4.78 is 17.7. The lowest BCUT2D eigenvalue weighted by molar-refractivity contribution is -0.0559. The first kappa shape index (κ1) is 20.1. The summed E-state index contributed by atoms with van der Waals surface area (Å²) in [4.78, 5) is 22.7. The number of benzene rings is 1. The second-order valence-corrected chi connectivity index (χ2v) is 8.18. The van der Waals surface area contributed by atoms with Gasteiger partial charge in [0.25, 0.3) is 0 Å². The smallest absolute Gasteiger partial charge is 0.335 e. The van der Waals surface area contributed by atoms with E-state index in [9.17, 15) is 14.3 Å². The lowest BCUT2D eigenvalue weighted by atomic mass is 10.0. The van der Waals surface area contributed by atoms with Gasteiger partial charge in [-0.2, -0.15) is 0 Å². The van der Waals surface area contributed by atoms with Gasteiger partial charge in [-0.3, -0.25) is 9.46 Å². The molecule has 0 spiro atoms. The van der Waals surface area contributed by atoms with Gasteiger partial charge in [0.2, 0.25) is 0 Å². The van der Waals surface area contributed by atoms with Crippen molar-refractivity contribution in [2.75, 3.05) is 20.2 Å². The second kappa shape index (κ2) is 9.48. The fourth-order valence-corrected chi connectivity index (χ4v) is 4.22. The third kappa shape index (κ3) is 5.65. The summed E-state index contributed by atoms with van der Waals surface area (Å²) in [5.41, 5.74) is 1.06. The Labute approximate surface area is 149 Å². The van der Waals surface area contributed by atoms with E-state index in [1.54, 1.807) is 12.1 Å². The highest BCUT2D eigenvalue weighted by molar-refractivity contribution is 7.39. The Kier molecular flexibility index (Phi) is 7.63. The van der Waals surface area contributed by atoms with Crippen LogP contribution in [0.3, 0.4) is 0 Å². The summed E-state index contributed by atoms with van der Waals surface area (Å²) in [6.07, 6.45) is 3.23. The van der Waals surface area contributed by atoms with Gasteiger partial charge < -0.3 is 14.7 Å². The van der Waals surface area contributed by atoms with Crippen molar-refractivity contribution < 1.29 is 24.1 Å². The van der Waals surface area contributed by atoms with Crippen molar-refractivity contribution in [3.05, 3.63) is 35.4 Å². The van der Waals surface area contributed by atoms with Gasteiger partial charge in [-0.25, -0.2) is 4.79 Å². The third-order valence-corrected chi connectivity index (χ3v) is 6.20. The van der Waals surface area contributed by atoms with Crippen LogP contribution in [0, 0.1) is 0 Å². The molecule has 7 heteroatoms. The van der Waals surface area contributed by atoms with Crippen LogP contribution >= 0.6 is 8.03 Å². The van der Waals surface area contributed by atoms with Crippen LogP contribution in [-0.2, 0) is 15.7 Å². The van der Waals surface area contributed by atoms with E-state index in [0.717, 1.165) is 31.2 Å². The van der Waals surface area contributed by atoms with Gasteiger partial charge in [-0.15, -0.1) is 0 Å². The van der Waals surface area contributed by atoms with Crippen molar-refractivity contribution in [1.29, 1.82) is 0 Å². The number of unbranched alkanes of at least 4 members (excludes halogenated alkanes) is 1. The minimum atomic E-state index is -2.61. The van der Waals surface area contributed by atoms with E-state index >= 15 is 0 Å². The maximum atomic E-state index is 11.7. The number of carbonyl (C=O) groups is 1. The predicted octanol–water partition coefficient (Wildman–Crippen LogP) is 2.65. The van der Waals surface area contributed by atoms with Crippen LogP contribution in [0.1, 0.15) is 42.1 Å². The first-order valence-electron chi connectivity index (χ1n) is 8.79. The number of nitrogens with zero attached hydrogens (tertiary/aromatic N) is 1. The van der Waals surface area contributed by atoms with E-state index in [0.29, 0.717) is 13.2 Å². The number of morpholine rings is 1. The van der Waals surface area contributed by atoms with Crippen molar-refractivity contribution in [3.8, 4) is 0 Å². The Balaban J connectivity index is 1.94. The van der Waals surface area contributed by atoms with Crippen LogP contribution in [-0.4, -0.2) is 58.9 Å². The molecule has 1 heterocycles. The number of likely N-dealkylation sites (N-methyl/N-ethyl adjacent to an activating group) is 1. The molecule has 1 aromatic rings. The molecule has 1 aromatic carbocycles. The summed E-state index contributed by atoms with van der Waals surface area (Å²) in [6.45, 7) is 3.23. The summed E-state index contributed by atoms with van der Waals surface area (Å²) in [5, 5.41) is 8.95. The zero-order valence-electron chi connectivity index (χ0n) is 14.9. The van der Waals surface area contributed by atoms with Crippen molar-refractivity contribution >= 4 is 14.0 Å². The lowest BCUT2D eigenvalue weighted by Crippen LogP contribution is -2.51. The number of aromatic carboxylic acids is 1. The molecule has 2 unspecified atom stereocenters. The zero-order chi connectivity index (χ0) is 18.4. The van der Waals surface area contributed by atoms with Crippen molar-refractivity contribution in [2.45, 2.75) is 50.4 Å². The van der Waals surface area contributed by atoms with Crippen LogP contribution in [0.15, 0.2) is 24.3 Å². The van der Waals surface area contributed by atoms with Crippen molar-refractivity contribution in [3.63, 3.8) is 0 Å². The summed E-state index contributed by atoms with van der Waals surface area (Å²) in [6, 6.07) is 7.07. The van der Waals surface area contributed by atoms with Gasteiger partial charge in [0.1, 0.15) is 0 Å². The molecule has 1 fully saturated rings. The molecule has 6 nitrogen and oxygen atoms in total. The number of hydrogen-bond acceptors (Lipinski definition) is 4. The molecule has 1 aliphatic rings. The average molecular weight is 369 g/mol. The van der Waals surface area contributed by atoms with Crippen LogP contribution in [0.4, 0.5) is 0 Å². The van der Waals surface area contributed by atoms with Crippen LogP contribution in [0.2, 0.25) is 0 Å². The molecule has 140 valence electrons. The largest absolute Gasteiger partial charge is 0.478 e. The van der Waals surface area contributed by atoms with Crippen LogP contribution in [0.25, 0.3) is 0 Å². The highest BCUT2D eigenvalue weighted by Crippen LogP contribution is 2.33. The van der Waals surface area contributed by atoms with E-state index < -0.39 is 14.0 Å². The molecular weight excluding hydrogens is 341 g/mol. The van der Waals surface area contributed by atoms with E-state index in [-0.39, 0.29) is 23.4 Å². The lowest BCUT2D eigenvalue weighted by Gasteiger charge is -2.40. The first-order chi connectivity index (χ1) is 11.9. The summed E-state index contributed by atoms with van der Waals surface area (Å²) in [7, 11) is -0.602. The highest BCUT2D eigenvalue weighted by atomic mass is 31.1. The Morgan fingerprint density at radius 2 is 2.08 bits per heavy atom. The number of carboxylic acid groups (broad SMARTS) is 1. The van der Waals surface area contributed by atoms with E-state index in [1.807, 2.05) is 19.2 Å². The Morgan fingerprint density at radius 1 is 1.40 bits per heavy atom. The fraction of sp³-hybridized carbons (Fsp3) is 0.611. The molecule has 0 aromatic heterocycles. The van der Waals surface area contributed by atoms with E-state index in [4.69, 9.17) is 9.84 Å². The van der Waals surface area contributed by atoms with Crippen molar-refractivity contribution in [1.82, 2.24) is 4.90 Å². The monoisotopic (exact) mass is 369 g/mol. The molecule has 2 rings (SSSR count). The van der Waals surface area contributed by atoms with Gasteiger partial charge in [0.15, 0.2) is 8.03 Å². The molecule has 1 saturated heterocycles. The zero-order valence-corrected chi connectivity index (χ0v) is 15.9. The molecule has 0 saturated carbocycles. The molecule has 25 heavy (non-hydrogen) atoms. The number of carboxylic acids is 1. The molecule has 2 N–H and O–H groups in total. The van der Waals surface area contributed by atoms with E-state index in [1.165, 1.54) is 0 Å². The maximum Gasteiger partial charge on any atom is 0.335 e. The highest BCUT2D eigenvalue weighted by Gasteiger charge is 2.33. The van der Waals surface area contributed by atoms with Crippen LogP contribution < -0.4 is 0 Å². The molecule has 1 aliphatic heterocycles. The van der Waals surface area contributed by atoms with Crippen molar-refractivity contribution in [2.24, 2.45) is 0 Å². The molecule has 0 aliphatic carbocycles. The Morgan fingerprint density at radius 3 is 2.60 bits per heavy atom. The minimum Gasteiger partial charge on any atom is -0.478 e. The normalized spacial score (nSPS) is 24.0. The minimum absolute atomic E-state index is 0.180. The Hall–Kier alpha value is -1.20. The number of rotatable bonds is 8. The quantitative estimate of drug-likeness (QED) is 0.685. The standard InChI is InChI=1S/C18H28NO5P/c1-3-4-5-17(25(22)23)16-11-19(2)15(12-24-16)10-13-6-8-14(9-7-13)18(20)21/h6-9,15-17,25H,3-5,10-12H2,1-2H3,(H,20,21)(H,22,23)/t15-,16-,17?/m1/s1. The van der Waals surface area contributed by atoms with Gasteiger partial charge >= 0.3 is 5.97 Å². The molecular formula is C18H28NO5P. The molecule has 0 radical (unpaired) electrons. The SMILES string of the molecule is CCCCC([C@H]1CN(C)[C@H](Cc2ccc(C(=O)O)cc2)CO1)[PH](=O)O. The van der Waals surface area contributed by atoms with Gasteiger partial charge in [0, 0.05) is 12.6 Å². The molecule has 0 amide bonds. The maximum absolute atomic E-state index is 11.7. The topological polar surface area (TPSA) is 87.1 Å². The summed E-state index contributed by atoms with van der Waals surface area (Å²) >= 11 is 0. The second-order valence-electron chi connectivity index (χ2n) is 6.76. The number of ether oxygens (including phenoxy) is 1. The summed E-state index contributed by atoms with van der Waals surface area (Å²) in [5.74, 6) is -0.926. The Bertz CT molecular complexity index is 592. The van der Waals surface area contributed by atoms with E-state index in [2.05, 4.69) is 11.8 Å². The predicted molar refractivity (Wildman–Crippen MR) is 97.8 cm³/mol. The first-order valence-corrected chi connectivity index (χ1v) is 10.2. The van der Waals surface area contributed by atoms with Gasteiger partial charge in [-0.05, 0) is 37.6 Å². The van der Waals surface area contributed by atoms with Crippen LogP contribution in [0.5, 0.6) is 0 Å². The third-order valence-electron chi connectivity index (χ3n) is 4.90. The van der Waals surface area contributed by atoms with Gasteiger partial charge in [-0.1, -0.05) is 31.9 Å². The molecule has 4 atom stereocenters. The fourth-order valence-electron chi connectivity index (χ4n) is 3.25.